The van der Waals surface area contributed by atoms with Crippen LogP contribution in [0.25, 0.3) is 10.9 Å². The molecular weight excluding hydrogens is 604 g/mol. The second-order valence-electron chi connectivity index (χ2n) is 11.0. The van der Waals surface area contributed by atoms with Gasteiger partial charge in [0.2, 0.25) is 17.7 Å². The lowest BCUT2D eigenvalue weighted by atomic mass is 9.90. The largest absolute Gasteiger partial charge is 0.329 e. The first-order valence-electron chi connectivity index (χ1n) is 17.7. The van der Waals surface area contributed by atoms with Gasteiger partial charge in [-0.15, -0.1) is 0 Å². The molecule has 5 rings (SSSR count). The summed E-state index contributed by atoms with van der Waals surface area (Å²) in [5.74, 6) is -0.151. The summed E-state index contributed by atoms with van der Waals surface area (Å²) < 4.78 is 1.75. The molecule has 10 heteroatoms. The van der Waals surface area contributed by atoms with Crippen molar-refractivity contribution in [1.29, 1.82) is 0 Å². The van der Waals surface area contributed by atoms with Gasteiger partial charge in [0.1, 0.15) is 0 Å². The second-order valence-corrected chi connectivity index (χ2v) is 11.0. The van der Waals surface area contributed by atoms with Crippen molar-refractivity contribution < 1.29 is 19.2 Å². The highest BCUT2D eigenvalue weighted by molar-refractivity contribution is 6.08. The van der Waals surface area contributed by atoms with E-state index in [2.05, 4.69) is 60.7 Å². The fourth-order valence-electron chi connectivity index (χ4n) is 4.59. The highest BCUT2D eigenvalue weighted by Crippen LogP contribution is 2.28. The summed E-state index contributed by atoms with van der Waals surface area (Å²) in [5.41, 5.74) is 4.38. The number of anilines is 1. The van der Waals surface area contributed by atoms with Gasteiger partial charge in [-0.2, -0.15) is 5.10 Å². The van der Waals surface area contributed by atoms with Gasteiger partial charge >= 0.3 is 6.03 Å². The van der Waals surface area contributed by atoms with E-state index in [0.29, 0.717) is 31.6 Å². The summed E-state index contributed by atoms with van der Waals surface area (Å²) in [6.45, 7) is 19.8. The highest BCUT2D eigenvalue weighted by Gasteiger charge is 2.28. The first-order chi connectivity index (χ1) is 23.0. The molecule has 1 aromatic heterocycles. The lowest BCUT2D eigenvalue weighted by molar-refractivity contribution is -0.134. The smallest absolute Gasteiger partial charge is 0.309 e. The first kappa shape index (κ1) is 43.9. The quantitative estimate of drug-likeness (QED) is 0.263. The van der Waals surface area contributed by atoms with Gasteiger partial charge in [0.05, 0.1) is 11.4 Å². The number of hydrogen-bond acceptors (Lipinski definition) is 6. The number of piperidine rings is 1. The third-order valence-electron chi connectivity index (χ3n) is 7.27. The summed E-state index contributed by atoms with van der Waals surface area (Å²) in [6, 6.07) is 13.7. The Hall–Kier alpha value is -4.05. The molecule has 2 N–H and O–H groups in total. The Balaban J connectivity index is 0.000000727. The van der Waals surface area contributed by atoms with Crippen molar-refractivity contribution in [3.05, 3.63) is 59.2 Å². The second kappa shape index (κ2) is 24.1. The number of rotatable bonds is 6. The SMILES string of the molecule is CC.CC.CC.CCCC.CN(C)CCc1ccc(C2CCC(=O)NC2=O)cc1.Cc1ccc2c(N3CCC(=O)NC3=O)nn(C)c2c1. The van der Waals surface area contributed by atoms with E-state index in [1.54, 1.807) is 4.68 Å². The minimum Gasteiger partial charge on any atom is -0.309 e. The molecule has 2 aliphatic rings. The molecule has 1 atom stereocenters. The van der Waals surface area contributed by atoms with Crippen molar-refractivity contribution in [2.24, 2.45) is 7.05 Å². The molecule has 2 fully saturated rings. The minimum atomic E-state index is -0.406. The first-order valence-corrected chi connectivity index (χ1v) is 17.7. The van der Waals surface area contributed by atoms with Crippen LogP contribution in [0.2, 0.25) is 0 Å². The van der Waals surface area contributed by atoms with Gasteiger partial charge in [0.15, 0.2) is 5.82 Å². The molecule has 0 bridgehead atoms. The fraction of sp³-hybridized carbons (Fsp3) is 0.553. The number of aryl methyl sites for hydroxylation is 2. The number of benzene rings is 2. The number of fused-ring (bicyclic) bond motifs is 1. The number of likely N-dealkylation sites (N-methyl/N-ethyl adjacent to an activating group) is 1. The third-order valence-corrected chi connectivity index (χ3v) is 7.27. The Labute approximate surface area is 289 Å². The van der Waals surface area contributed by atoms with Crippen LogP contribution in [0.4, 0.5) is 10.6 Å². The molecule has 0 aliphatic carbocycles. The van der Waals surface area contributed by atoms with E-state index >= 15 is 0 Å². The fourth-order valence-corrected chi connectivity index (χ4v) is 4.59. The third kappa shape index (κ3) is 14.0. The molecule has 48 heavy (non-hydrogen) atoms. The van der Waals surface area contributed by atoms with Gasteiger partial charge in [-0.25, -0.2) is 4.79 Å². The average Bonchev–Trinajstić information content (AvgIpc) is 3.42. The predicted octanol–water partition coefficient (Wildman–Crippen LogP) is 7.52. The van der Waals surface area contributed by atoms with Crippen LogP contribution < -0.4 is 15.5 Å². The van der Waals surface area contributed by atoms with E-state index in [0.717, 1.165) is 35.0 Å². The van der Waals surface area contributed by atoms with Crippen LogP contribution in [-0.2, 0) is 27.9 Å². The molecule has 0 radical (unpaired) electrons. The van der Waals surface area contributed by atoms with Gasteiger partial charge in [0, 0.05) is 38.4 Å². The summed E-state index contributed by atoms with van der Waals surface area (Å²) in [7, 11) is 5.95. The zero-order chi connectivity index (χ0) is 36.8. The number of carbonyl (C=O) groups is 4. The Morgan fingerprint density at radius 3 is 1.94 bits per heavy atom. The Morgan fingerprint density at radius 2 is 1.42 bits per heavy atom. The molecule has 2 aliphatic heterocycles. The van der Waals surface area contributed by atoms with Crippen LogP contribution in [-0.4, -0.2) is 65.6 Å². The van der Waals surface area contributed by atoms with Crippen LogP contribution in [0.5, 0.6) is 0 Å². The molecule has 268 valence electrons. The van der Waals surface area contributed by atoms with Gasteiger partial charge < -0.3 is 4.90 Å². The summed E-state index contributed by atoms with van der Waals surface area (Å²) in [5, 5.41) is 10.0. The Kier molecular flexibility index (Phi) is 22.1. The van der Waals surface area contributed by atoms with E-state index in [1.807, 2.05) is 85.8 Å². The van der Waals surface area contributed by atoms with E-state index < -0.39 is 6.03 Å². The average molecular weight is 667 g/mol. The van der Waals surface area contributed by atoms with E-state index in [4.69, 9.17) is 0 Å². The normalized spacial score (nSPS) is 15.1. The number of amides is 5. The van der Waals surface area contributed by atoms with Crippen molar-refractivity contribution in [2.45, 2.75) is 107 Å². The molecule has 0 saturated carbocycles. The number of urea groups is 1. The number of nitrogens with one attached hydrogen (secondary N) is 2. The van der Waals surface area contributed by atoms with Crippen molar-refractivity contribution in [1.82, 2.24) is 25.3 Å². The van der Waals surface area contributed by atoms with Gasteiger partial charge in [-0.05, 0) is 62.7 Å². The Bertz CT molecular complexity index is 1400. The number of aromatic nitrogens is 2. The van der Waals surface area contributed by atoms with Crippen LogP contribution in [0, 0.1) is 6.92 Å². The van der Waals surface area contributed by atoms with Gasteiger partial charge in [-0.3, -0.25) is 34.6 Å². The maximum atomic E-state index is 11.9. The predicted molar refractivity (Wildman–Crippen MR) is 199 cm³/mol. The van der Waals surface area contributed by atoms with E-state index in [9.17, 15) is 19.2 Å². The van der Waals surface area contributed by atoms with Crippen LogP contribution >= 0.6 is 0 Å². The standard InChI is InChI=1S/C15H20N2O2.C13H14N4O2.C4H10.3C2H6/c1-17(2)10-9-11-3-5-12(6-4-11)13-7-8-14(18)16-15(13)19;1-8-3-4-9-10(7-8)16(2)15-12(9)17-6-5-11(18)14-13(17)19;1-3-4-2;3*1-2/h3-6,13H,7-10H2,1-2H3,(H,16,18,19);3-4,7H,5-6H2,1-2H3,(H,14,18,19);3-4H2,1-2H3;3*1-2H3. The van der Waals surface area contributed by atoms with Gasteiger partial charge in [0.25, 0.3) is 0 Å². The summed E-state index contributed by atoms with van der Waals surface area (Å²) >= 11 is 0. The summed E-state index contributed by atoms with van der Waals surface area (Å²) in [4.78, 5) is 49.6. The van der Waals surface area contributed by atoms with Crippen molar-refractivity contribution in [2.75, 3.05) is 32.1 Å². The van der Waals surface area contributed by atoms with E-state index in [-0.39, 0.29) is 23.6 Å². The Morgan fingerprint density at radius 1 is 0.833 bits per heavy atom. The van der Waals surface area contributed by atoms with Crippen LogP contribution in [0.3, 0.4) is 0 Å². The molecule has 10 nitrogen and oxygen atoms in total. The highest BCUT2D eigenvalue weighted by atomic mass is 16.2. The zero-order valence-electron chi connectivity index (χ0n) is 31.7. The lowest BCUT2D eigenvalue weighted by Crippen LogP contribution is -2.49. The maximum Gasteiger partial charge on any atom is 0.329 e. The number of carbonyl (C=O) groups excluding carboxylic acids is 4. The van der Waals surface area contributed by atoms with Crippen LogP contribution in [0.1, 0.15) is 110 Å². The molecule has 3 aromatic rings. The molecule has 0 spiro atoms. The molecule has 2 saturated heterocycles. The maximum absolute atomic E-state index is 11.9. The molecule has 3 heterocycles. The van der Waals surface area contributed by atoms with Crippen molar-refractivity contribution in [3.63, 3.8) is 0 Å². The molecular formula is C38H62N6O4. The van der Waals surface area contributed by atoms with E-state index in [1.165, 1.54) is 23.3 Å². The lowest BCUT2D eigenvalue weighted by Gasteiger charge is -2.24. The molecule has 5 amide bonds. The molecule has 2 aromatic carbocycles. The number of unbranched alkanes of at least 4 members (excludes halogenated alkanes) is 1. The number of imide groups is 2. The van der Waals surface area contributed by atoms with Gasteiger partial charge in [-0.1, -0.05) is 98.6 Å². The topological polar surface area (TPSA) is 117 Å². The zero-order valence-corrected chi connectivity index (χ0v) is 31.7. The minimum absolute atomic E-state index is 0.163. The summed E-state index contributed by atoms with van der Waals surface area (Å²) in [6.07, 6.45) is 4.98. The number of nitrogens with zero attached hydrogens (tertiary/aromatic N) is 4. The van der Waals surface area contributed by atoms with Crippen molar-refractivity contribution in [3.8, 4) is 0 Å². The molecule has 1 unspecified atom stereocenters. The monoisotopic (exact) mass is 666 g/mol. The number of hydrogen-bond donors (Lipinski definition) is 2. The van der Waals surface area contributed by atoms with Crippen molar-refractivity contribution >= 4 is 40.5 Å². The van der Waals surface area contributed by atoms with Crippen LogP contribution in [0.15, 0.2) is 42.5 Å².